The lowest BCUT2D eigenvalue weighted by atomic mass is 10.1. The molecule has 0 unspecified atom stereocenters. The summed E-state index contributed by atoms with van der Waals surface area (Å²) in [6.07, 6.45) is 0.698. The van der Waals surface area contributed by atoms with Crippen molar-refractivity contribution in [3.05, 3.63) is 40.9 Å². The number of carbonyl (C=O) groups excluding carboxylic acids is 2. The number of ether oxygens (including phenoxy) is 1. The molecular formula is C12H10ClO4-. The van der Waals surface area contributed by atoms with Gasteiger partial charge in [0.1, 0.15) is 0 Å². The van der Waals surface area contributed by atoms with E-state index in [1.807, 2.05) is 0 Å². The number of rotatable bonds is 4. The first kappa shape index (κ1) is 13.3. The van der Waals surface area contributed by atoms with Gasteiger partial charge < -0.3 is 9.84 Å². The van der Waals surface area contributed by atoms with Crippen LogP contribution in [-0.4, -0.2) is 18.4 Å². The molecule has 0 saturated heterocycles. The van der Waals surface area contributed by atoms with Crippen LogP contribution in [0, 0.1) is 0 Å². The zero-order valence-corrected chi connectivity index (χ0v) is 9.86. The van der Waals surface area contributed by atoms with Gasteiger partial charge in [0.2, 0.25) is 0 Å². The van der Waals surface area contributed by atoms with E-state index in [1.165, 1.54) is 12.1 Å². The molecule has 0 atom stereocenters. The summed E-state index contributed by atoms with van der Waals surface area (Å²) in [4.78, 5) is 22.2. The predicted octanol–water partition coefficient (Wildman–Crippen LogP) is 1.17. The Balaban J connectivity index is 2.86. The third-order valence-electron chi connectivity index (χ3n) is 1.85. The largest absolute Gasteiger partial charge is 0.872 e. The Morgan fingerprint density at radius 1 is 1.47 bits per heavy atom. The van der Waals surface area contributed by atoms with Crippen LogP contribution in [0.5, 0.6) is 0 Å². The second kappa shape index (κ2) is 6.06. The molecule has 0 bridgehead atoms. The quantitative estimate of drug-likeness (QED) is 0.350. The topological polar surface area (TPSA) is 66.4 Å². The van der Waals surface area contributed by atoms with E-state index in [2.05, 4.69) is 4.74 Å². The van der Waals surface area contributed by atoms with E-state index in [1.54, 1.807) is 19.1 Å². The summed E-state index contributed by atoms with van der Waals surface area (Å²) in [7, 11) is 0. The smallest absolute Gasteiger partial charge is 0.378 e. The molecule has 4 nitrogen and oxygen atoms in total. The average molecular weight is 254 g/mol. The van der Waals surface area contributed by atoms with Crippen molar-refractivity contribution in [3.63, 3.8) is 0 Å². The Labute approximate surface area is 103 Å². The Morgan fingerprint density at radius 3 is 2.76 bits per heavy atom. The first-order chi connectivity index (χ1) is 8.04. The molecule has 0 aliphatic heterocycles. The molecule has 0 saturated carbocycles. The van der Waals surface area contributed by atoms with Crippen LogP contribution in [-0.2, 0) is 14.3 Å². The average Bonchev–Trinajstić information content (AvgIpc) is 2.29. The SMILES string of the molecule is CCOC(=O)C(=O)C=C([O-])c1cccc(Cl)c1. The van der Waals surface area contributed by atoms with Gasteiger partial charge in [-0.3, -0.25) is 4.79 Å². The molecule has 17 heavy (non-hydrogen) atoms. The Bertz CT molecular complexity index is 465. The third kappa shape index (κ3) is 3.92. The number of hydrogen-bond acceptors (Lipinski definition) is 4. The van der Waals surface area contributed by atoms with E-state index in [4.69, 9.17) is 11.6 Å². The highest BCUT2D eigenvalue weighted by molar-refractivity contribution is 6.39. The molecule has 1 aromatic rings. The molecule has 5 heteroatoms. The molecule has 0 aromatic heterocycles. The molecule has 0 heterocycles. The maximum atomic E-state index is 11.6. The first-order valence-electron chi connectivity index (χ1n) is 4.90. The van der Waals surface area contributed by atoms with Crippen molar-refractivity contribution in [2.75, 3.05) is 6.61 Å². The molecule has 0 N–H and O–H groups in total. The molecule has 1 aromatic carbocycles. The maximum Gasteiger partial charge on any atom is 0.378 e. The second-order valence-corrected chi connectivity index (χ2v) is 3.54. The van der Waals surface area contributed by atoms with Crippen molar-refractivity contribution >= 4 is 29.1 Å². The minimum atomic E-state index is -1.04. The predicted molar refractivity (Wildman–Crippen MR) is 61.1 cm³/mol. The highest BCUT2D eigenvalue weighted by Gasteiger charge is 2.10. The van der Waals surface area contributed by atoms with Crippen molar-refractivity contribution in [1.29, 1.82) is 0 Å². The minimum absolute atomic E-state index is 0.0871. The van der Waals surface area contributed by atoms with Crippen LogP contribution in [0.1, 0.15) is 12.5 Å². The molecule has 0 amide bonds. The van der Waals surface area contributed by atoms with Gasteiger partial charge in [-0.15, -0.1) is 0 Å². The summed E-state index contributed by atoms with van der Waals surface area (Å²) in [5, 5.41) is 12.0. The zero-order valence-electron chi connectivity index (χ0n) is 9.10. The van der Waals surface area contributed by atoms with Gasteiger partial charge in [-0.1, -0.05) is 29.5 Å². The van der Waals surface area contributed by atoms with Crippen LogP contribution >= 0.6 is 11.6 Å². The zero-order chi connectivity index (χ0) is 12.8. The van der Waals surface area contributed by atoms with E-state index in [0.717, 1.165) is 0 Å². The Kier molecular flexibility index (Phi) is 4.72. The molecule has 0 aliphatic carbocycles. The lowest BCUT2D eigenvalue weighted by Gasteiger charge is -2.11. The molecule has 0 radical (unpaired) electrons. The molecule has 0 aliphatic rings. The molecular weight excluding hydrogens is 244 g/mol. The normalized spacial score (nSPS) is 11.1. The van der Waals surface area contributed by atoms with Gasteiger partial charge >= 0.3 is 5.97 Å². The van der Waals surface area contributed by atoms with E-state index >= 15 is 0 Å². The highest BCUT2D eigenvalue weighted by atomic mass is 35.5. The Morgan fingerprint density at radius 2 is 2.18 bits per heavy atom. The summed E-state index contributed by atoms with van der Waals surface area (Å²) in [6, 6.07) is 6.10. The van der Waals surface area contributed by atoms with Gasteiger partial charge in [0, 0.05) is 5.02 Å². The van der Waals surface area contributed by atoms with E-state index in [-0.39, 0.29) is 12.2 Å². The van der Waals surface area contributed by atoms with Gasteiger partial charge in [0.05, 0.1) is 6.61 Å². The highest BCUT2D eigenvalue weighted by Crippen LogP contribution is 2.14. The van der Waals surface area contributed by atoms with Crippen LogP contribution in [0.2, 0.25) is 5.02 Å². The van der Waals surface area contributed by atoms with Gasteiger partial charge in [0.15, 0.2) is 0 Å². The van der Waals surface area contributed by atoms with Crippen molar-refractivity contribution in [2.45, 2.75) is 6.92 Å². The van der Waals surface area contributed by atoms with Crippen LogP contribution in [0.3, 0.4) is 0 Å². The van der Waals surface area contributed by atoms with Crippen LogP contribution in [0.25, 0.3) is 5.76 Å². The van der Waals surface area contributed by atoms with Gasteiger partial charge in [-0.25, -0.2) is 4.79 Å². The van der Waals surface area contributed by atoms with Crippen molar-refractivity contribution < 1.29 is 19.4 Å². The van der Waals surface area contributed by atoms with Crippen molar-refractivity contribution in [2.24, 2.45) is 0 Å². The van der Waals surface area contributed by atoms with Gasteiger partial charge in [-0.2, -0.15) is 0 Å². The minimum Gasteiger partial charge on any atom is -0.872 e. The fourth-order valence-corrected chi connectivity index (χ4v) is 1.30. The molecule has 1 rings (SSSR count). The standard InChI is InChI=1S/C12H11ClO4/c1-2-17-12(16)11(15)7-10(14)8-4-3-5-9(13)6-8/h3-7,14H,2H2,1H3/p-1. The van der Waals surface area contributed by atoms with E-state index < -0.39 is 17.5 Å². The third-order valence-corrected chi connectivity index (χ3v) is 2.08. The number of esters is 1. The fraction of sp³-hybridized carbons (Fsp3) is 0.167. The van der Waals surface area contributed by atoms with Gasteiger partial charge in [0.25, 0.3) is 5.78 Å². The summed E-state index contributed by atoms with van der Waals surface area (Å²) >= 11 is 5.70. The number of carbonyl (C=O) groups is 2. The van der Waals surface area contributed by atoms with E-state index in [9.17, 15) is 14.7 Å². The van der Waals surface area contributed by atoms with Gasteiger partial charge in [-0.05, 0) is 30.7 Å². The van der Waals surface area contributed by atoms with Crippen LogP contribution in [0.15, 0.2) is 30.3 Å². The summed E-state index contributed by atoms with van der Waals surface area (Å²) in [6.45, 7) is 1.66. The molecule has 0 spiro atoms. The van der Waals surface area contributed by atoms with Crippen molar-refractivity contribution in [1.82, 2.24) is 0 Å². The number of halogens is 1. The summed E-state index contributed by atoms with van der Waals surface area (Å²) in [5.41, 5.74) is 0.246. The van der Waals surface area contributed by atoms with Crippen LogP contribution < -0.4 is 5.11 Å². The molecule has 0 fully saturated rings. The van der Waals surface area contributed by atoms with Crippen LogP contribution in [0.4, 0.5) is 0 Å². The number of ketones is 1. The Hall–Kier alpha value is -1.81. The number of hydrogen-bond donors (Lipinski definition) is 0. The monoisotopic (exact) mass is 253 g/mol. The second-order valence-electron chi connectivity index (χ2n) is 3.10. The van der Waals surface area contributed by atoms with E-state index in [0.29, 0.717) is 11.1 Å². The van der Waals surface area contributed by atoms with Crippen molar-refractivity contribution in [3.8, 4) is 0 Å². The lowest BCUT2D eigenvalue weighted by Crippen LogP contribution is -2.17. The summed E-state index contributed by atoms with van der Waals surface area (Å²) in [5.74, 6) is -2.59. The fourth-order valence-electron chi connectivity index (χ4n) is 1.11. The number of benzene rings is 1. The maximum absolute atomic E-state index is 11.6. The summed E-state index contributed by atoms with van der Waals surface area (Å²) < 4.78 is 4.47. The lowest BCUT2D eigenvalue weighted by molar-refractivity contribution is -0.243. The molecule has 90 valence electrons. The first-order valence-corrected chi connectivity index (χ1v) is 5.28.